The minimum atomic E-state index is -4.71. The van der Waals surface area contributed by atoms with Crippen LogP contribution in [-0.4, -0.2) is 37.8 Å². The number of benzene rings is 1. The molecule has 8 heteroatoms. The van der Waals surface area contributed by atoms with Crippen LogP contribution in [0.25, 0.3) is 6.08 Å². The van der Waals surface area contributed by atoms with Gasteiger partial charge in [-0.3, -0.25) is 4.74 Å². The van der Waals surface area contributed by atoms with Gasteiger partial charge < -0.3 is 14.6 Å². The number of hydrogen-bond donors (Lipinski definition) is 1. The van der Waals surface area contributed by atoms with E-state index >= 15 is 0 Å². The summed E-state index contributed by atoms with van der Waals surface area (Å²) in [7, 11) is 1.38. The number of alkyl halides is 3. The molecule has 0 amide bonds. The van der Waals surface area contributed by atoms with Crippen molar-refractivity contribution in [3.63, 3.8) is 0 Å². The number of halogens is 3. The molecule has 1 N–H and O–H groups in total. The maximum atomic E-state index is 11.8. The molecule has 0 unspecified atom stereocenters. The van der Waals surface area contributed by atoms with Crippen molar-refractivity contribution < 1.29 is 37.3 Å². The van der Waals surface area contributed by atoms with Crippen LogP contribution in [0.5, 0.6) is 11.5 Å². The van der Waals surface area contributed by atoms with Gasteiger partial charge >= 0.3 is 12.3 Å². The van der Waals surface area contributed by atoms with Crippen molar-refractivity contribution in [3.05, 3.63) is 29.8 Å². The standard InChI is InChI=1S/C13H13F3O5/c1-19-10-4-2-9(3-5-12(17)18)8-11(10)20-6-7-21-13(14,15)16/h2-5,8H,6-7H2,1H3,(H,17,18). The van der Waals surface area contributed by atoms with Gasteiger partial charge in [0, 0.05) is 6.08 Å². The van der Waals surface area contributed by atoms with Crippen LogP contribution in [0.4, 0.5) is 13.2 Å². The first-order chi connectivity index (χ1) is 9.81. The molecule has 0 aliphatic heterocycles. The molecular weight excluding hydrogens is 293 g/mol. The highest BCUT2D eigenvalue weighted by molar-refractivity contribution is 5.85. The van der Waals surface area contributed by atoms with E-state index in [4.69, 9.17) is 14.6 Å². The maximum Gasteiger partial charge on any atom is 0.522 e. The maximum absolute atomic E-state index is 11.8. The third kappa shape index (κ3) is 6.66. The van der Waals surface area contributed by atoms with E-state index in [9.17, 15) is 18.0 Å². The van der Waals surface area contributed by atoms with E-state index < -0.39 is 18.9 Å². The smallest absolute Gasteiger partial charge is 0.493 e. The Labute approximate surface area is 118 Å². The topological polar surface area (TPSA) is 65.0 Å². The van der Waals surface area contributed by atoms with Crippen LogP contribution in [0.3, 0.4) is 0 Å². The summed E-state index contributed by atoms with van der Waals surface area (Å²) in [6.07, 6.45) is -2.46. The normalized spacial score (nSPS) is 11.6. The molecule has 1 aromatic carbocycles. The van der Waals surface area contributed by atoms with Crippen molar-refractivity contribution >= 4 is 12.0 Å². The van der Waals surface area contributed by atoms with Crippen LogP contribution >= 0.6 is 0 Å². The molecule has 1 aromatic rings. The third-order valence-corrected chi connectivity index (χ3v) is 2.21. The molecule has 116 valence electrons. The zero-order valence-corrected chi connectivity index (χ0v) is 11.0. The molecule has 0 aromatic heterocycles. The van der Waals surface area contributed by atoms with E-state index in [1.807, 2.05) is 0 Å². The number of carboxylic acids is 1. The monoisotopic (exact) mass is 306 g/mol. The van der Waals surface area contributed by atoms with E-state index in [-0.39, 0.29) is 12.4 Å². The van der Waals surface area contributed by atoms with Crippen molar-refractivity contribution in [2.24, 2.45) is 0 Å². The lowest BCUT2D eigenvalue weighted by Crippen LogP contribution is -2.18. The van der Waals surface area contributed by atoms with Gasteiger partial charge in [0.15, 0.2) is 11.5 Å². The van der Waals surface area contributed by atoms with Gasteiger partial charge in [-0.15, -0.1) is 13.2 Å². The van der Waals surface area contributed by atoms with Crippen molar-refractivity contribution in [1.29, 1.82) is 0 Å². The number of carboxylic acid groups (broad SMARTS) is 1. The van der Waals surface area contributed by atoms with Crippen molar-refractivity contribution in [2.45, 2.75) is 6.36 Å². The van der Waals surface area contributed by atoms with Gasteiger partial charge in [-0.25, -0.2) is 4.79 Å². The number of carbonyl (C=O) groups is 1. The van der Waals surface area contributed by atoms with Crippen LogP contribution in [0.1, 0.15) is 5.56 Å². The van der Waals surface area contributed by atoms with Crippen LogP contribution < -0.4 is 9.47 Å². The second-order valence-corrected chi connectivity index (χ2v) is 3.72. The van der Waals surface area contributed by atoms with Crippen molar-refractivity contribution in [3.8, 4) is 11.5 Å². The summed E-state index contributed by atoms with van der Waals surface area (Å²) in [5.74, 6) is -0.614. The summed E-state index contributed by atoms with van der Waals surface area (Å²) in [5, 5.41) is 8.53. The molecule has 0 saturated carbocycles. The first-order valence-corrected chi connectivity index (χ1v) is 5.74. The van der Waals surface area contributed by atoms with E-state index in [1.54, 1.807) is 6.07 Å². The highest BCUT2D eigenvalue weighted by Gasteiger charge is 2.28. The Morgan fingerprint density at radius 2 is 2.00 bits per heavy atom. The lowest BCUT2D eigenvalue weighted by atomic mass is 10.2. The number of ether oxygens (including phenoxy) is 3. The molecule has 0 spiro atoms. The lowest BCUT2D eigenvalue weighted by Gasteiger charge is -2.12. The van der Waals surface area contributed by atoms with Gasteiger partial charge in [0.25, 0.3) is 0 Å². The molecule has 0 aliphatic carbocycles. The van der Waals surface area contributed by atoms with E-state index in [1.165, 1.54) is 25.3 Å². The Kier molecular flexibility index (Phi) is 6.04. The average Bonchev–Trinajstić information content (AvgIpc) is 2.40. The van der Waals surface area contributed by atoms with Gasteiger partial charge in [-0.1, -0.05) is 6.07 Å². The number of aliphatic carboxylic acids is 1. The van der Waals surface area contributed by atoms with Gasteiger partial charge in [0.05, 0.1) is 13.7 Å². The fraction of sp³-hybridized carbons (Fsp3) is 0.308. The van der Waals surface area contributed by atoms with Gasteiger partial charge in [0.1, 0.15) is 6.61 Å². The zero-order chi connectivity index (χ0) is 15.9. The van der Waals surface area contributed by atoms with E-state index in [0.717, 1.165) is 6.08 Å². The predicted octanol–water partition coefficient (Wildman–Crippen LogP) is 2.71. The first kappa shape index (κ1) is 16.8. The van der Waals surface area contributed by atoms with Crippen LogP contribution in [0.2, 0.25) is 0 Å². The predicted molar refractivity (Wildman–Crippen MR) is 67.2 cm³/mol. The van der Waals surface area contributed by atoms with Crippen molar-refractivity contribution in [2.75, 3.05) is 20.3 Å². The number of rotatable bonds is 7. The second-order valence-electron chi connectivity index (χ2n) is 3.72. The van der Waals surface area contributed by atoms with E-state index in [0.29, 0.717) is 11.3 Å². The fourth-order valence-corrected chi connectivity index (χ4v) is 1.39. The number of methoxy groups -OCH3 is 1. The molecule has 0 saturated heterocycles. The lowest BCUT2D eigenvalue weighted by molar-refractivity contribution is -0.325. The van der Waals surface area contributed by atoms with Crippen LogP contribution in [-0.2, 0) is 9.53 Å². The largest absolute Gasteiger partial charge is 0.522 e. The zero-order valence-electron chi connectivity index (χ0n) is 11.0. The first-order valence-electron chi connectivity index (χ1n) is 5.74. The summed E-state index contributed by atoms with van der Waals surface area (Å²) in [6.45, 7) is -0.996. The summed E-state index contributed by atoms with van der Waals surface area (Å²) < 4.78 is 49.1. The van der Waals surface area contributed by atoms with Gasteiger partial charge in [0.2, 0.25) is 0 Å². The van der Waals surface area contributed by atoms with Crippen LogP contribution in [0, 0.1) is 0 Å². The van der Waals surface area contributed by atoms with Crippen molar-refractivity contribution in [1.82, 2.24) is 0 Å². The summed E-state index contributed by atoms with van der Waals surface area (Å²) in [4.78, 5) is 10.4. The van der Waals surface area contributed by atoms with Gasteiger partial charge in [-0.2, -0.15) is 0 Å². The molecule has 0 bridgehead atoms. The van der Waals surface area contributed by atoms with Crippen LogP contribution in [0.15, 0.2) is 24.3 Å². The van der Waals surface area contributed by atoms with E-state index in [2.05, 4.69) is 4.74 Å². The molecule has 0 fully saturated rings. The Balaban J connectivity index is 2.70. The summed E-state index contributed by atoms with van der Waals surface area (Å²) in [6, 6.07) is 4.55. The Morgan fingerprint density at radius 3 is 2.57 bits per heavy atom. The highest BCUT2D eigenvalue weighted by atomic mass is 19.4. The molecule has 5 nitrogen and oxygen atoms in total. The molecule has 0 heterocycles. The average molecular weight is 306 g/mol. The SMILES string of the molecule is COc1ccc(C=CC(=O)O)cc1OCCOC(F)(F)F. The molecule has 21 heavy (non-hydrogen) atoms. The molecular formula is C13H13F3O5. The molecule has 0 radical (unpaired) electrons. The number of hydrogen-bond acceptors (Lipinski definition) is 4. The van der Waals surface area contributed by atoms with Gasteiger partial charge in [-0.05, 0) is 23.8 Å². The summed E-state index contributed by atoms with van der Waals surface area (Å²) in [5.41, 5.74) is 0.505. The Bertz CT molecular complexity index is 511. The Hall–Kier alpha value is -2.22. The highest BCUT2D eigenvalue weighted by Crippen LogP contribution is 2.28. The fourth-order valence-electron chi connectivity index (χ4n) is 1.39. The minimum absolute atomic E-state index is 0.191. The molecule has 0 aliphatic rings. The second kappa shape index (κ2) is 7.53. The molecule has 0 atom stereocenters. The molecule has 1 rings (SSSR count). The minimum Gasteiger partial charge on any atom is -0.493 e. The Morgan fingerprint density at radius 1 is 1.29 bits per heavy atom. The third-order valence-electron chi connectivity index (χ3n) is 2.21. The quantitative estimate of drug-likeness (QED) is 0.620. The summed E-state index contributed by atoms with van der Waals surface area (Å²) >= 11 is 0.